The number of amides is 1. The number of anilines is 2. The predicted octanol–water partition coefficient (Wildman–Crippen LogP) is 4.87. The van der Waals surface area contributed by atoms with Gasteiger partial charge in [0.25, 0.3) is 11.8 Å². The smallest absolute Gasteiger partial charge is 0.282 e. The number of rotatable bonds is 6. The third kappa shape index (κ3) is 4.21. The van der Waals surface area contributed by atoms with Crippen LogP contribution in [0, 0.1) is 0 Å². The lowest BCUT2D eigenvalue weighted by Crippen LogP contribution is -2.58. The highest BCUT2D eigenvalue weighted by Crippen LogP contribution is 2.33. The second-order valence-electron chi connectivity index (χ2n) is 9.17. The second-order valence-corrected chi connectivity index (χ2v) is 9.17. The molecule has 1 saturated heterocycles. The number of nitrogens with one attached hydrogen (secondary N) is 2. The maximum atomic E-state index is 13.3. The van der Waals surface area contributed by atoms with E-state index in [-0.39, 0.29) is 0 Å². The molecule has 0 radical (unpaired) electrons. The first kappa shape index (κ1) is 23.6. The summed E-state index contributed by atoms with van der Waals surface area (Å²) >= 11 is 0. The molecule has 6 rings (SSSR count). The highest BCUT2D eigenvalue weighted by molar-refractivity contribution is 6.00. The molecule has 1 amide bonds. The number of halogens is 2. The Balaban J connectivity index is 1.26. The van der Waals surface area contributed by atoms with Crippen LogP contribution in [0.15, 0.2) is 67.1 Å². The monoisotopic (exact) mass is 515 g/mol. The first-order chi connectivity index (χ1) is 18.3. The third-order valence-electron chi connectivity index (χ3n) is 6.59. The maximum Gasteiger partial charge on any atom is 0.282 e. The Morgan fingerprint density at radius 1 is 1.11 bits per heavy atom. The highest BCUT2D eigenvalue weighted by Gasteiger charge is 2.46. The van der Waals surface area contributed by atoms with Crippen LogP contribution >= 0.6 is 0 Å². The molecule has 3 aromatic heterocycles. The van der Waals surface area contributed by atoms with Gasteiger partial charge in [-0.3, -0.25) is 9.89 Å². The van der Waals surface area contributed by atoms with Crippen LogP contribution in [0.4, 0.5) is 20.3 Å². The first-order valence-electron chi connectivity index (χ1n) is 11.9. The van der Waals surface area contributed by atoms with Gasteiger partial charge in [-0.15, -0.1) is 0 Å². The van der Waals surface area contributed by atoms with Crippen LogP contribution in [0.25, 0.3) is 33.4 Å². The van der Waals surface area contributed by atoms with Gasteiger partial charge in [0.1, 0.15) is 17.3 Å². The van der Waals surface area contributed by atoms with Crippen molar-refractivity contribution in [3.8, 4) is 28.3 Å². The zero-order chi connectivity index (χ0) is 26.4. The van der Waals surface area contributed by atoms with Crippen LogP contribution < -0.4 is 10.1 Å². The number of nitrogens with zero attached hydrogens (tertiary/aromatic N) is 5. The number of methoxy groups -OCH3 is 1. The van der Waals surface area contributed by atoms with Gasteiger partial charge in [-0.05, 0) is 30.3 Å². The van der Waals surface area contributed by atoms with Gasteiger partial charge in [0.2, 0.25) is 0 Å². The molecule has 11 heteroatoms. The fourth-order valence-electron chi connectivity index (χ4n) is 4.61. The number of benzene rings is 2. The van der Waals surface area contributed by atoms with E-state index in [1.807, 2.05) is 36.4 Å². The zero-order valence-corrected chi connectivity index (χ0v) is 20.6. The maximum absolute atomic E-state index is 13.3. The number of hydrogen-bond acceptors (Lipinski definition) is 6. The average Bonchev–Trinajstić information content (AvgIpc) is 3.55. The van der Waals surface area contributed by atoms with Crippen LogP contribution in [0.2, 0.25) is 0 Å². The number of ether oxygens (including phenoxy) is 1. The lowest BCUT2D eigenvalue weighted by atomic mass is 10.1. The quantitative estimate of drug-likeness (QED) is 0.335. The SMILES string of the molecule is COc1cc(Nc2ccnc(-c3ccc4cc(C(=O)N5CC(F)(F)C5)n(C)c4c3)n2)ccc1-c1cn[nH]c1. The van der Waals surface area contributed by atoms with E-state index in [1.54, 1.807) is 49.4 Å². The standard InChI is InChI=1S/C27H23F2N7O2/c1-35-21-10-17(4-3-16(21)9-22(35)26(37)36-14-27(28,29)15-36)25-30-8-7-24(34-25)33-19-5-6-20(23(11-19)38-2)18-12-31-32-13-18/h3-13H,14-15H2,1-2H3,(H,31,32)(H,30,33,34). The van der Waals surface area contributed by atoms with Crippen molar-refractivity contribution in [1.82, 2.24) is 29.6 Å². The Morgan fingerprint density at radius 2 is 1.95 bits per heavy atom. The number of fused-ring (bicyclic) bond motifs is 1. The minimum Gasteiger partial charge on any atom is -0.496 e. The van der Waals surface area contributed by atoms with Crippen molar-refractivity contribution < 1.29 is 18.3 Å². The molecule has 0 bridgehead atoms. The van der Waals surface area contributed by atoms with Gasteiger partial charge in [-0.1, -0.05) is 12.1 Å². The second kappa shape index (κ2) is 8.94. The number of aromatic amines is 1. The van der Waals surface area contributed by atoms with Crippen molar-refractivity contribution in [2.24, 2.45) is 7.05 Å². The summed E-state index contributed by atoms with van der Waals surface area (Å²) in [7, 11) is 3.36. The Bertz CT molecular complexity index is 1660. The summed E-state index contributed by atoms with van der Waals surface area (Å²) in [6.45, 7) is -1.10. The topological polar surface area (TPSA) is 101 Å². The summed E-state index contributed by atoms with van der Waals surface area (Å²) in [5, 5.41) is 10.9. The van der Waals surface area contributed by atoms with E-state index in [0.29, 0.717) is 23.1 Å². The zero-order valence-electron chi connectivity index (χ0n) is 20.6. The predicted molar refractivity (Wildman–Crippen MR) is 139 cm³/mol. The first-order valence-corrected chi connectivity index (χ1v) is 11.9. The van der Waals surface area contributed by atoms with Gasteiger partial charge in [-0.25, -0.2) is 18.7 Å². The molecule has 192 valence electrons. The van der Waals surface area contributed by atoms with Crippen LogP contribution in [0.3, 0.4) is 0 Å². The van der Waals surface area contributed by atoms with E-state index in [2.05, 4.69) is 25.5 Å². The third-order valence-corrected chi connectivity index (χ3v) is 6.59. The summed E-state index contributed by atoms with van der Waals surface area (Å²) < 4.78 is 33.8. The number of carbonyl (C=O) groups is 1. The van der Waals surface area contributed by atoms with Gasteiger partial charge in [0, 0.05) is 58.8 Å². The van der Waals surface area contributed by atoms with Gasteiger partial charge in [0.05, 0.1) is 26.4 Å². The van der Waals surface area contributed by atoms with E-state index in [9.17, 15) is 13.6 Å². The fourth-order valence-corrected chi connectivity index (χ4v) is 4.61. The lowest BCUT2D eigenvalue weighted by molar-refractivity contribution is -0.113. The van der Waals surface area contributed by atoms with Crippen LogP contribution in [-0.2, 0) is 7.05 Å². The molecule has 1 fully saturated rings. The number of aryl methyl sites for hydroxylation is 1. The molecular formula is C27H23F2N7O2. The molecule has 2 aromatic carbocycles. The molecule has 2 N–H and O–H groups in total. The molecule has 38 heavy (non-hydrogen) atoms. The van der Waals surface area contributed by atoms with E-state index in [0.717, 1.165) is 38.2 Å². The largest absolute Gasteiger partial charge is 0.496 e. The van der Waals surface area contributed by atoms with E-state index < -0.39 is 24.9 Å². The van der Waals surface area contributed by atoms with Crippen molar-refractivity contribution in [2.75, 3.05) is 25.5 Å². The number of likely N-dealkylation sites (tertiary alicyclic amines) is 1. The van der Waals surface area contributed by atoms with Crippen molar-refractivity contribution in [3.63, 3.8) is 0 Å². The van der Waals surface area contributed by atoms with Crippen molar-refractivity contribution >= 4 is 28.3 Å². The summed E-state index contributed by atoms with van der Waals surface area (Å²) in [5.41, 5.74) is 4.51. The van der Waals surface area contributed by atoms with Crippen molar-refractivity contribution in [2.45, 2.75) is 5.92 Å². The molecule has 1 aliphatic heterocycles. The Kier molecular flexibility index (Phi) is 5.55. The van der Waals surface area contributed by atoms with Crippen LogP contribution in [-0.4, -0.2) is 61.7 Å². The molecule has 0 aliphatic carbocycles. The minimum atomic E-state index is -2.81. The van der Waals surface area contributed by atoms with Gasteiger partial charge in [-0.2, -0.15) is 5.10 Å². The Morgan fingerprint density at radius 3 is 2.68 bits per heavy atom. The van der Waals surface area contributed by atoms with Crippen molar-refractivity contribution in [1.29, 1.82) is 0 Å². The summed E-state index contributed by atoms with van der Waals surface area (Å²) in [6.07, 6.45) is 5.19. The molecule has 0 atom stereocenters. The molecule has 5 aromatic rings. The van der Waals surface area contributed by atoms with Gasteiger partial charge >= 0.3 is 0 Å². The summed E-state index contributed by atoms with van der Waals surface area (Å²) in [6, 6.07) is 14.9. The Labute approximate surface area is 216 Å². The molecule has 9 nitrogen and oxygen atoms in total. The average molecular weight is 516 g/mol. The van der Waals surface area contributed by atoms with Gasteiger partial charge < -0.3 is 19.5 Å². The van der Waals surface area contributed by atoms with Crippen molar-refractivity contribution in [3.05, 3.63) is 72.8 Å². The van der Waals surface area contributed by atoms with E-state index in [4.69, 9.17) is 4.74 Å². The minimum absolute atomic E-state index is 0.358. The van der Waals surface area contributed by atoms with E-state index in [1.165, 1.54) is 0 Å². The number of aromatic nitrogens is 5. The number of hydrogen-bond donors (Lipinski definition) is 2. The number of H-pyrrole nitrogens is 1. The highest BCUT2D eigenvalue weighted by atomic mass is 19.3. The summed E-state index contributed by atoms with van der Waals surface area (Å²) in [5.74, 6) is -1.44. The summed E-state index contributed by atoms with van der Waals surface area (Å²) in [4.78, 5) is 23.0. The molecule has 1 aliphatic rings. The molecule has 4 heterocycles. The molecular weight excluding hydrogens is 492 g/mol. The number of alkyl halides is 2. The normalized spacial score (nSPS) is 14.4. The number of carbonyl (C=O) groups excluding carboxylic acids is 1. The molecule has 0 saturated carbocycles. The fraction of sp³-hybridized carbons (Fsp3) is 0.185. The van der Waals surface area contributed by atoms with E-state index >= 15 is 0 Å². The molecule has 0 unspecified atom stereocenters. The van der Waals surface area contributed by atoms with Crippen LogP contribution in [0.1, 0.15) is 10.5 Å². The lowest BCUT2D eigenvalue weighted by Gasteiger charge is -2.38. The van der Waals surface area contributed by atoms with Gasteiger partial charge in [0.15, 0.2) is 5.82 Å². The Hall–Kier alpha value is -4.80. The molecule has 0 spiro atoms. The van der Waals surface area contributed by atoms with Crippen LogP contribution in [0.5, 0.6) is 5.75 Å².